The van der Waals surface area contributed by atoms with Gasteiger partial charge in [0, 0.05) is 11.6 Å². The number of rotatable bonds is 11. The first-order valence-electron chi connectivity index (χ1n) is 11.5. The fourth-order valence-corrected chi connectivity index (χ4v) is 5.25. The Morgan fingerprint density at radius 1 is 1.03 bits per heavy atom. The van der Waals surface area contributed by atoms with E-state index in [0.29, 0.717) is 22.8 Å². The number of halogens is 1. The van der Waals surface area contributed by atoms with Crippen molar-refractivity contribution in [2.24, 2.45) is 0 Å². The van der Waals surface area contributed by atoms with Gasteiger partial charge in [-0.3, -0.25) is 9.10 Å². The monoisotopic (exact) mass is 514 g/mol. The van der Waals surface area contributed by atoms with Gasteiger partial charge in [-0.1, -0.05) is 48.0 Å². The Labute approximate surface area is 212 Å². The van der Waals surface area contributed by atoms with Crippen LogP contribution in [0.3, 0.4) is 0 Å². The van der Waals surface area contributed by atoms with Crippen molar-refractivity contribution in [1.29, 1.82) is 0 Å². The molecule has 0 aliphatic carbocycles. The van der Waals surface area contributed by atoms with Gasteiger partial charge < -0.3 is 10.1 Å². The molecule has 0 bridgehead atoms. The zero-order valence-corrected chi connectivity index (χ0v) is 21.8. The highest BCUT2D eigenvalue weighted by Crippen LogP contribution is 2.29. The van der Waals surface area contributed by atoms with E-state index in [0.717, 1.165) is 28.5 Å². The van der Waals surface area contributed by atoms with Crippen LogP contribution in [0.1, 0.15) is 31.4 Å². The van der Waals surface area contributed by atoms with Crippen LogP contribution in [0.5, 0.6) is 5.75 Å². The zero-order valence-electron chi connectivity index (χ0n) is 20.2. The van der Waals surface area contributed by atoms with Crippen LogP contribution in [-0.2, 0) is 21.2 Å². The third kappa shape index (κ3) is 7.47. The lowest BCUT2D eigenvalue weighted by Gasteiger charge is -2.26. The molecule has 186 valence electrons. The van der Waals surface area contributed by atoms with Gasteiger partial charge in [-0.05, 0) is 81.1 Å². The van der Waals surface area contributed by atoms with Gasteiger partial charge >= 0.3 is 0 Å². The van der Waals surface area contributed by atoms with E-state index in [1.54, 1.807) is 43.3 Å². The van der Waals surface area contributed by atoms with Crippen LogP contribution in [-0.4, -0.2) is 33.5 Å². The Balaban J connectivity index is 1.65. The molecule has 0 unspecified atom stereocenters. The number of ether oxygens (including phenoxy) is 1. The number of carbonyl (C=O) groups is 1. The summed E-state index contributed by atoms with van der Waals surface area (Å²) in [6.45, 7) is 5.83. The van der Waals surface area contributed by atoms with Gasteiger partial charge in [0.05, 0.1) is 16.7 Å². The normalized spacial score (nSPS) is 11.3. The quantitative estimate of drug-likeness (QED) is 0.348. The second-order valence-electron chi connectivity index (χ2n) is 8.52. The van der Waals surface area contributed by atoms with Crippen LogP contribution >= 0.6 is 11.6 Å². The summed E-state index contributed by atoms with van der Waals surface area (Å²) in [6.07, 6.45) is 1.62. The number of anilines is 1. The lowest BCUT2D eigenvalue weighted by Crippen LogP contribution is -2.41. The number of benzene rings is 3. The fraction of sp³-hybridized carbons (Fsp3) is 0.296. The summed E-state index contributed by atoms with van der Waals surface area (Å²) in [6, 6.07) is 21.0. The fourth-order valence-electron chi connectivity index (χ4n) is 3.58. The Kier molecular flexibility index (Phi) is 9.18. The summed E-state index contributed by atoms with van der Waals surface area (Å²) in [5, 5.41) is 3.24. The number of aryl methyl sites for hydroxylation is 2. The van der Waals surface area contributed by atoms with Gasteiger partial charge in [-0.2, -0.15) is 0 Å². The molecule has 0 fully saturated rings. The van der Waals surface area contributed by atoms with Crippen LogP contribution < -0.4 is 14.4 Å². The molecule has 0 radical (unpaired) electrons. The summed E-state index contributed by atoms with van der Waals surface area (Å²) in [5.74, 6) is 0.442. The highest BCUT2D eigenvalue weighted by atomic mass is 35.5. The molecule has 6 nitrogen and oxygen atoms in total. The predicted octanol–water partition coefficient (Wildman–Crippen LogP) is 5.38. The van der Waals surface area contributed by atoms with Crippen molar-refractivity contribution < 1.29 is 17.9 Å². The summed E-state index contributed by atoms with van der Waals surface area (Å²) in [5.41, 5.74) is 2.21. The maximum absolute atomic E-state index is 13.4. The number of nitrogens with zero attached hydrogens (tertiary/aromatic N) is 1. The smallest absolute Gasteiger partial charge is 0.264 e. The minimum atomic E-state index is -3.97. The molecule has 0 aromatic heterocycles. The van der Waals surface area contributed by atoms with Crippen molar-refractivity contribution in [3.8, 4) is 5.75 Å². The largest absolute Gasteiger partial charge is 0.491 e. The highest BCUT2D eigenvalue weighted by molar-refractivity contribution is 7.92. The molecule has 1 amide bonds. The molecular weight excluding hydrogens is 484 g/mol. The van der Waals surface area contributed by atoms with E-state index in [2.05, 4.69) is 5.32 Å². The standard InChI is InChI=1S/C27H31ClN2O4S/c1-20(2)34-24-15-12-22(13-16-24)8-7-17-29-27(31)19-30(26-18-23(28)14-11-21(26)3)35(32,33)25-9-5-4-6-10-25/h4-6,9-16,18,20H,7-8,17,19H2,1-3H3,(H,29,31). The van der Waals surface area contributed by atoms with E-state index in [1.165, 1.54) is 12.1 Å². The van der Waals surface area contributed by atoms with Crippen LogP contribution in [0.25, 0.3) is 0 Å². The molecule has 35 heavy (non-hydrogen) atoms. The van der Waals surface area contributed by atoms with E-state index in [1.807, 2.05) is 38.1 Å². The molecule has 0 saturated carbocycles. The lowest BCUT2D eigenvalue weighted by molar-refractivity contribution is -0.119. The van der Waals surface area contributed by atoms with Crippen molar-refractivity contribution in [2.45, 2.75) is 44.6 Å². The minimum Gasteiger partial charge on any atom is -0.491 e. The maximum atomic E-state index is 13.4. The molecule has 0 spiro atoms. The average Bonchev–Trinajstić information content (AvgIpc) is 2.83. The average molecular weight is 515 g/mol. The summed E-state index contributed by atoms with van der Waals surface area (Å²) >= 11 is 6.16. The first-order chi connectivity index (χ1) is 16.7. The third-order valence-electron chi connectivity index (χ3n) is 5.32. The predicted molar refractivity (Wildman–Crippen MR) is 141 cm³/mol. The number of nitrogens with one attached hydrogen (secondary N) is 1. The number of sulfonamides is 1. The SMILES string of the molecule is Cc1ccc(Cl)cc1N(CC(=O)NCCCc1ccc(OC(C)C)cc1)S(=O)(=O)c1ccccc1. The van der Waals surface area contributed by atoms with E-state index >= 15 is 0 Å². The maximum Gasteiger partial charge on any atom is 0.264 e. The Bertz CT molecular complexity index is 1230. The van der Waals surface area contributed by atoms with Gasteiger partial charge in [0.1, 0.15) is 12.3 Å². The second kappa shape index (κ2) is 12.1. The lowest BCUT2D eigenvalue weighted by atomic mass is 10.1. The third-order valence-corrected chi connectivity index (χ3v) is 7.33. The molecule has 3 rings (SSSR count). The van der Waals surface area contributed by atoms with Crippen LogP contribution in [0.2, 0.25) is 5.02 Å². The Morgan fingerprint density at radius 3 is 2.37 bits per heavy atom. The molecule has 0 atom stereocenters. The molecule has 0 heterocycles. The molecular formula is C27H31ClN2O4S. The Hall–Kier alpha value is -3.03. The van der Waals surface area contributed by atoms with Gasteiger partial charge in [-0.25, -0.2) is 8.42 Å². The van der Waals surface area contributed by atoms with E-state index < -0.39 is 10.0 Å². The van der Waals surface area contributed by atoms with Gasteiger partial charge in [-0.15, -0.1) is 0 Å². The van der Waals surface area contributed by atoms with Crippen molar-refractivity contribution >= 4 is 33.2 Å². The van der Waals surface area contributed by atoms with Crippen LogP contribution in [0.15, 0.2) is 77.7 Å². The van der Waals surface area contributed by atoms with Crippen molar-refractivity contribution in [3.05, 3.63) is 88.9 Å². The number of hydrogen-bond donors (Lipinski definition) is 1. The molecule has 3 aromatic carbocycles. The minimum absolute atomic E-state index is 0.108. The van der Waals surface area contributed by atoms with E-state index in [9.17, 15) is 13.2 Å². The van der Waals surface area contributed by atoms with Crippen molar-refractivity contribution in [3.63, 3.8) is 0 Å². The van der Waals surface area contributed by atoms with Gasteiger partial charge in [0.15, 0.2) is 0 Å². The van der Waals surface area contributed by atoms with Crippen LogP contribution in [0.4, 0.5) is 5.69 Å². The van der Waals surface area contributed by atoms with Gasteiger partial charge in [0.2, 0.25) is 5.91 Å². The summed E-state index contributed by atoms with van der Waals surface area (Å²) in [7, 11) is -3.97. The molecule has 0 aliphatic heterocycles. The highest BCUT2D eigenvalue weighted by Gasteiger charge is 2.28. The van der Waals surface area contributed by atoms with Crippen molar-refractivity contribution in [2.75, 3.05) is 17.4 Å². The van der Waals surface area contributed by atoms with Crippen molar-refractivity contribution in [1.82, 2.24) is 5.32 Å². The topological polar surface area (TPSA) is 75.7 Å². The molecule has 8 heteroatoms. The number of amides is 1. The zero-order chi connectivity index (χ0) is 25.4. The van der Waals surface area contributed by atoms with E-state index in [4.69, 9.17) is 16.3 Å². The number of carbonyl (C=O) groups excluding carboxylic acids is 1. The molecule has 0 aliphatic rings. The first-order valence-corrected chi connectivity index (χ1v) is 13.3. The molecule has 1 N–H and O–H groups in total. The second-order valence-corrected chi connectivity index (χ2v) is 10.8. The summed E-state index contributed by atoms with van der Waals surface area (Å²) in [4.78, 5) is 12.9. The summed E-state index contributed by atoms with van der Waals surface area (Å²) < 4.78 is 33.6. The Morgan fingerprint density at radius 2 is 1.71 bits per heavy atom. The van der Waals surface area contributed by atoms with Crippen LogP contribution in [0, 0.1) is 6.92 Å². The van der Waals surface area contributed by atoms with E-state index in [-0.39, 0.29) is 23.5 Å². The molecule has 3 aromatic rings. The molecule has 0 saturated heterocycles. The number of hydrogen-bond acceptors (Lipinski definition) is 4. The first kappa shape index (κ1) is 26.6. The van der Waals surface area contributed by atoms with Gasteiger partial charge in [0.25, 0.3) is 10.0 Å².